The fraction of sp³-hybridized carbons (Fsp3) is 0.0769. The molecule has 3 rings (SSSR count). The summed E-state index contributed by atoms with van der Waals surface area (Å²) in [6.07, 6.45) is 1.91. The summed E-state index contributed by atoms with van der Waals surface area (Å²) in [7, 11) is 0. The quantitative estimate of drug-likeness (QED) is 0.725. The molecule has 20 heavy (non-hydrogen) atoms. The normalized spacial score (nSPS) is 10.8. The standard InChI is InChI=1S/C13H9N3O3S/c1-7-2-3-8-10(18)9(6-17)12(19)16(11(8)15-7)13-14-4-5-20-13/h2-6,18H,1H3. The van der Waals surface area contributed by atoms with Crippen molar-refractivity contribution in [2.24, 2.45) is 0 Å². The summed E-state index contributed by atoms with van der Waals surface area (Å²) in [5.41, 5.74) is 0.0601. The Bertz CT molecular complexity index is 869. The molecule has 3 heterocycles. The Hall–Kier alpha value is -2.54. The minimum absolute atomic E-state index is 0.285. The molecule has 100 valence electrons. The van der Waals surface area contributed by atoms with Crippen molar-refractivity contribution in [3.63, 3.8) is 0 Å². The second-order valence-electron chi connectivity index (χ2n) is 4.16. The van der Waals surface area contributed by atoms with Gasteiger partial charge in [-0.25, -0.2) is 14.5 Å². The molecule has 6 nitrogen and oxygen atoms in total. The van der Waals surface area contributed by atoms with E-state index in [0.717, 1.165) is 0 Å². The predicted octanol–water partition coefficient (Wildman–Crippen LogP) is 1.67. The third kappa shape index (κ3) is 1.71. The molecule has 0 saturated heterocycles. The van der Waals surface area contributed by atoms with Gasteiger partial charge in [-0.05, 0) is 19.1 Å². The van der Waals surface area contributed by atoms with Crippen LogP contribution in [0.1, 0.15) is 16.1 Å². The van der Waals surface area contributed by atoms with Crippen LogP contribution in [0.2, 0.25) is 0 Å². The fourth-order valence-electron chi connectivity index (χ4n) is 1.97. The molecule has 0 unspecified atom stereocenters. The molecule has 0 radical (unpaired) electrons. The van der Waals surface area contributed by atoms with E-state index in [9.17, 15) is 14.7 Å². The maximum absolute atomic E-state index is 12.3. The molecular weight excluding hydrogens is 278 g/mol. The number of hydrogen-bond donors (Lipinski definition) is 1. The zero-order valence-corrected chi connectivity index (χ0v) is 11.2. The van der Waals surface area contributed by atoms with E-state index >= 15 is 0 Å². The van der Waals surface area contributed by atoms with E-state index in [1.54, 1.807) is 30.6 Å². The van der Waals surface area contributed by atoms with Crippen LogP contribution in [0.3, 0.4) is 0 Å². The zero-order chi connectivity index (χ0) is 14.3. The van der Waals surface area contributed by atoms with Gasteiger partial charge in [0.2, 0.25) is 0 Å². The summed E-state index contributed by atoms with van der Waals surface area (Å²) in [5.74, 6) is -0.347. The van der Waals surface area contributed by atoms with Gasteiger partial charge in [-0.3, -0.25) is 9.59 Å². The van der Waals surface area contributed by atoms with Crippen molar-refractivity contribution in [3.05, 3.63) is 45.3 Å². The number of fused-ring (bicyclic) bond motifs is 1. The van der Waals surface area contributed by atoms with Crippen molar-refractivity contribution in [3.8, 4) is 10.9 Å². The van der Waals surface area contributed by atoms with Crippen molar-refractivity contribution in [1.29, 1.82) is 0 Å². The van der Waals surface area contributed by atoms with Crippen LogP contribution in [-0.2, 0) is 0 Å². The number of pyridine rings is 2. The van der Waals surface area contributed by atoms with Gasteiger partial charge in [0, 0.05) is 17.3 Å². The Labute approximate surface area is 117 Å². The van der Waals surface area contributed by atoms with Gasteiger partial charge in [0.1, 0.15) is 11.3 Å². The van der Waals surface area contributed by atoms with Gasteiger partial charge < -0.3 is 5.11 Å². The number of hydrogen-bond acceptors (Lipinski definition) is 6. The number of carbonyl (C=O) groups is 1. The molecule has 0 saturated carbocycles. The molecule has 3 aromatic heterocycles. The fourth-order valence-corrected chi connectivity index (χ4v) is 2.61. The van der Waals surface area contributed by atoms with Crippen molar-refractivity contribution in [2.75, 3.05) is 0 Å². The van der Waals surface area contributed by atoms with Gasteiger partial charge in [0.25, 0.3) is 5.56 Å². The number of nitrogens with zero attached hydrogens (tertiary/aromatic N) is 3. The number of rotatable bonds is 2. The maximum Gasteiger partial charge on any atom is 0.273 e. The van der Waals surface area contributed by atoms with Gasteiger partial charge in [-0.2, -0.15) is 0 Å². The first-order valence-electron chi connectivity index (χ1n) is 5.74. The van der Waals surface area contributed by atoms with Crippen LogP contribution in [0.25, 0.3) is 16.2 Å². The Balaban J connectivity index is 2.58. The van der Waals surface area contributed by atoms with Crippen LogP contribution >= 0.6 is 11.3 Å². The lowest BCUT2D eigenvalue weighted by molar-refractivity contribution is 0.111. The highest BCUT2D eigenvalue weighted by Crippen LogP contribution is 2.26. The van der Waals surface area contributed by atoms with E-state index < -0.39 is 5.56 Å². The monoisotopic (exact) mass is 287 g/mol. The third-order valence-electron chi connectivity index (χ3n) is 2.90. The molecule has 0 aliphatic rings. The van der Waals surface area contributed by atoms with Crippen molar-refractivity contribution >= 4 is 28.7 Å². The first-order valence-corrected chi connectivity index (χ1v) is 6.62. The minimum atomic E-state index is -0.627. The van der Waals surface area contributed by atoms with Crippen LogP contribution in [0.5, 0.6) is 5.75 Å². The zero-order valence-electron chi connectivity index (χ0n) is 10.4. The van der Waals surface area contributed by atoms with Crippen LogP contribution < -0.4 is 5.56 Å². The summed E-state index contributed by atoms with van der Waals surface area (Å²) in [5, 5.41) is 12.5. The molecule has 0 aliphatic heterocycles. The lowest BCUT2D eigenvalue weighted by Crippen LogP contribution is -2.23. The average molecular weight is 287 g/mol. The van der Waals surface area contributed by atoms with Crippen LogP contribution in [0.4, 0.5) is 0 Å². The summed E-state index contributed by atoms with van der Waals surface area (Å²) in [6, 6.07) is 3.33. The SMILES string of the molecule is Cc1ccc2c(O)c(C=O)c(=O)n(-c3nccs3)c2n1. The highest BCUT2D eigenvalue weighted by Gasteiger charge is 2.19. The van der Waals surface area contributed by atoms with Crippen molar-refractivity contribution in [1.82, 2.24) is 14.5 Å². The van der Waals surface area contributed by atoms with Gasteiger partial charge in [-0.1, -0.05) is 0 Å². The van der Waals surface area contributed by atoms with E-state index in [2.05, 4.69) is 9.97 Å². The van der Waals surface area contributed by atoms with Crippen LogP contribution in [0, 0.1) is 6.92 Å². The van der Waals surface area contributed by atoms with Crippen LogP contribution in [0.15, 0.2) is 28.5 Å². The summed E-state index contributed by atoms with van der Waals surface area (Å²) in [6.45, 7) is 1.78. The van der Waals surface area contributed by atoms with E-state index in [1.165, 1.54) is 15.9 Å². The number of aromatic hydroxyl groups is 1. The summed E-state index contributed by atoms with van der Waals surface area (Å²) < 4.78 is 1.25. The van der Waals surface area contributed by atoms with E-state index in [4.69, 9.17) is 0 Å². The van der Waals surface area contributed by atoms with Gasteiger partial charge in [0.05, 0.1) is 5.39 Å². The second-order valence-corrected chi connectivity index (χ2v) is 5.03. The Morgan fingerprint density at radius 1 is 1.40 bits per heavy atom. The van der Waals surface area contributed by atoms with Crippen LogP contribution in [-0.4, -0.2) is 25.9 Å². The predicted molar refractivity (Wildman–Crippen MR) is 74.8 cm³/mol. The second kappa shape index (κ2) is 4.53. The first-order chi connectivity index (χ1) is 9.63. The largest absolute Gasteiger partial charge is 0.506 e. The lowest BCUT2D eigenvalue weighted by atomic mass is 10.1. The molecule has 0 aliphatic carbocycles. The summed E-state index contributed by atoms with van der Waals surface area (Å²) >= 11 is 1.25. The molecule has 3 aromatic rings. The number of aromatic nitrogens is 3. The summed E-state index contributed by atoms with van der Waals surface area (Å²) in [4.78, 5) is 31.8. The number of thiazole rings is 1. The molecule has 7 heteroatoms. The minimum Gasteiger partial charge on any atom is -0.506 e. The first kappa shape index (κ1) is 12.5. The number of aryl methyl sites for hydroxylation is 1. The number of carbonyl (C=O) groups excluding carboxylic acids is 1. The maximum atomic E-state index is 12.3. The molecule has 0 spiro atoms. The highest BCUT2D eigenvalue weighted by atomic mass is 32.1. The Morgan fingerprint density at radius 3 is 2.85 bits per heavy atom. The van der Waals surface area contributed by atoms with E-state index in [1.807, 2.05) is 0 Å². The molecule has 1 N–H and O–H groups in total. The molecule has 0 bridgehead atoms. The van der Waals surface area contributed by atoms with Crippen molar-refractivity contribution in [2.45, 2.75) is 6.92 Å². The lowest BCUT2D eigenvalue weighted by Gasteiger charge is -2.10. The van der Waals surface area contributed by atoms with Gasteiger partial charge >= 0.3 is 0 Å². The average Bonchev–Trinajstić information content (AvgIpc) is 2.93. The smallest absolute Gasteiger partial charge is 0.273 e. The number of aldehydes is 1. The van der Waals surface area contributed by atoms with Crippen molar-refractivity contribution < 1.29 is 9.90 Å². The van der Waals surface area contributed by atoms with E-state index in [0.29, 0.717) is 22.5 Å². The Morgan fingerprint density at radius 2 is 2.20 bits per heavy atom. The molecular formula is C13H9N3O3S. The van der Waals surface area contributed by atoms with Gasteiger partial charge in [0.15, 0.2) is 17.1 Å². The molecule has 0 fully saturated rings. The van der Waals surface area contributed by atoms with Gasteiger partial charge in [-0.15, -0.1) is 11.3 Å². The Kier molecular flexibility index (Phi) is 2.83. The molecule has 0 amide bonds. The van der Waals surface area contributed by atoms with E-state index in [-0.39, 0.29) is 17.0 Å². The molecule has 0 aromatic carbocycles. The topological polar surface area (TPSA) is 85.1 Å². The molecule has 0 atom stereocenters. The third-order valence-corrected chi connectivity index (χ3v) is 3.65. The highest BCUT2D eigenvalue weighted by molar-refractivity contribution is 7.12.